The normalized spacial score (nSPS) is 15.3. The molecule has 0 atom stereocenters. The zero-order valence-electron chi connectivity index (χ0n) is 14.1. The Hall–Kier alpha value is -2.04. The molecule has 1 heterocycles. The van der Waals surface area contributed by atoms with E-state index in [0.717, 1.165) is 18.4 Å². The largest absolute Gasteiger partial charge is 0.493 e. The van der Waals surface area contributed by atoms with E-state index >= 15 is 0 Å². The van der Waals surface area contributed by atoms with Crippen LogP contribution in [0.15, 0.2) is 18.2 Å². The van der Waals surface area contributed by atoms with E-state index in [-0.39, 0.29) is 17.6 Å². The van der Waals surface area contributed by atoms with Crippen molar-refractivity contribution >= 4 is 11.7 Å². The quantitative estimate of drug-likeness (QED) is 0.808. The van der Waals surface area contributed by atoms with Gasteiger partial charge < -0.3 is 14.4 Å². The fourth-order valence-corrected chi connectivity index (χ4v) is 2.98. The highest BCUT2D eigenvalue weighted by Crippen LogP contribution is 2.28. The van der Waals surface area contributed by atoms with Crippen molar-refractivity contribution in [3.63, 3.8) is 0 Å². The Kier molecular flexibility index (Phi) is 6.02. The summed E-state index contributed by atoms with van der Waals surface area (Å²) in [7, 11) is 3.21. The summed E-state index contributed by atoms with van der Waals surface area (Å²) in [6, 6.07) is 5.72. The van der Waals surface area contributed by atoms with Crippen LogP contribution in [0.2, 0.25) is 0 Å². The number of ketones is 1. The first-order valence-electron chi connectivity index (χ1n) is 8.04. The average Bonchev–Trinajstić information content (AvgIpc) is 2.59. The highest BCUT2D eigenvalue weighted by atomic mass is 16.5. The van der Waals surface area contributed by atoms with Crippen LogP contribution in [0, 0.1) is 5.92 Å². The zero-order valence-corrected chi connectivity index (χ0v) is 14.1. The summed E-state index contributed by atoms with van der Waals surface area (Å²) in [5.74, 6) is 1.89. The molecule has 0 unspecified atom stereocenters. The lowest BCUT2D eigenvalue weighted by Gasteiger charge is -2.31. The van der Waals surface area contributed by atoms with Crippen LogP contribution in [0.3, 0.4) is 0 Å². The number of benzene rings is 1. The van der Waals surface area contributed by atoms with E-state index in [2.05, 4.69) is 0 Å². The van der Waals surface area contributed by atoms with Gasteiger partial charge in [0, 0.05) is 25.4 Å². The number of methoxy groups -OCH3 is 2. The summed E-state index contributed by atoms with van der Waals surface area (Å²) in [5, 5.41) is 0. The molecule has 5 heteroatoms. The molecular formula is C18H25NO4. The summed E-state index contributed by atoms with van der Waals surface area (Å²) in [6.07, 6.45) is 2.72. The van der Waals surface area contributed by atoms with E-state index in [1.807, 2.05) is 23.1 Å². The molecule has 1 aromatic carbocycles. The topological polar surface area (TPSA) is 55.8 Å². The lowest BCUT2D eigenvalue weighted by Crippen LogP contribution is -2.40. The number of aryl methyl sites for hydroxylation is 1. The number of carbonyl (C=O) groups excluding carboxylic acids is 2. The van der Waals surface area contributed by atoms with Crippen LogP contribution >= 0.6 is 0 Å². The van der Waals surface area contributed by atoms with Crippen molar-refractivity contribution in [3.05, 3.63) is 23.8 Å². The maximum Gasteiger partial charge on any atom is 0.222 e. The second kappa shape index (κ2) is 7.99. The van der Waals surface area contributed by atoms with Gasteiger partial charge in [-0.1, -0.05) is 6.07 Å². The monoisotopic (exact) mass is 319 g/mol. The van der Waals surface area contributed by atoms with Crippen LogP contribution in [0.25, 0.3) is 0 Å². The smallest absolute Gasteiger partial charge is 0.222 e. The van der Waals surface area contributed by atoms with Gasteiger partial charge >= 0.3 is 0 Å². The van der Waals surface area contributed by atoms with E-state index < -0.39 is 0 Å². The summed E-state index contributed by atoms with van der Waals surface area (Å²) in [6.45, 7) is 3.02. The third kappa shape index (κ3) is 4.47. The van der Waals surface area contributed by atoms with E-state index in [9.17, 15) is 9.59 Å². The van der Waals surface area contributed by atoms with Crippen molar-refractivity contribution in [1.82, 2.24) is 4.90 Å². The number of carbonyl (C=O) groups is 2. The maximum atomic E-state index is 12.3. The third-order valence-electron chi connectivity index (χ3n) is 4.50. The molecule has 0 aromatic heterocycles. The van der Waals surface area contributed by atoms with E-state index in [4.69, 9.17) is 9.47 Å². The minimum Gasteiger partial charge on any atom is -0.493 e. The van der Waals surface area contributed by atoms with Crippen LogP contribution in [-0.2, 0) is 16.0 Å². The van der Waals surface area contributed by atoms with Crippen LogP contribution in [0.5, 0.6) is 11.5 Å². The highest BCUT2D eigenvalue weighted by Gasteiger charge is 2.24. The van der Waals surface area contributed by atoms with E-state index in [0.29, 0.717) is 37.4 Å². The lowest BCUT2D eigenvalue weighted by atomic mass is 9.93. The molecule has 1 aromatic rings. The fourth-order valence-electron chi connectivity index (χ4n) is 2.98. The van der Waals surface area contributed by atoms with E-state index in [1.165, 1.54) is 0 Å². The number of amides is 1. The first-order valence-corrected chi connectivity index (χ1v) is 8.04. The zero-order chi connectivity index (χ0) is 16.8. The van der Waals surface area contributed by atoms with Crippen molar-refractivity contribution < 1.29 is 19.1 Å². The Balaban J connectivity index is 1.86. The molecule has 0 radical (unpaired) electrons. The van der Waals surface area contributed by atoms with Gasteiger partial charge in [-0.05, 0) is 43.9 Å². The molecule has 1 saturated heterocycles. The number of hydrogen-bond acceptors (Lipinski definition) is 4. The van der Waals surface area contributed by atoms with Gasteiger partial charge in [0.1, 0.15) is 5.78 Å². The van der Waals surface area contributed by atoms with Gasteiger partial charge in [-0.3, -0.25) is 9.59 Å². The molecule has 0 saturated carbocycles. The van der Waals surface area contributed by atoms with Gasteiger partial charge in [0.2, 0.25) is 5.91 Å². The maximum absolute atomic E-state index is 12.3. The second-order valence-corrected chi connectivity index (χ2v) is 5.96. The molecule has 0 spiro atoms. The molecule has 1 fully saturated rings. The number of likely N-dealkylation sites (tertiary alicyclic amines) is 1. The van der Waals surface area contributed by atoms with Crippen molar-refractivity contribution in [3.8, 4) is 11.5 Å². The molecule has 0 aliphatic carbocycles. The van der Waals surface area contributed by atoms with Gasteiger partial charge in [-0.25, -0.2) is 0 Å². The number of rotatable bonds is 6. The standard InChI is InChI=1S/C18H25NO4/c1-13(20)15-8-10-19(11-9-15)18(21)7-5-14-4-6-16(22-2)17(12-14)23-3/h4,6,12,15H,5,7-11H2,1-3H3. The summed E-state index contributed by atoms with van der Waals surface area (Å²) in [5.41, 5.74) is 1.05. The first-order chi connectivity index (χ1) is 11.0. The Morgan fingerprint density at radius 3 is 2.35 bits per heavy atom. The molecule has 1 aliphatic rings. The SMILES string of the molecule is COc1ccc(CCC(=O)N2CCC(C(C)=O)CC2)cc1OC. The molecular weight excluding hydrogens is 294 g/mol. The molecule has 1 amide bonds. The van der Waals surface area contributed by atoms with Crippen molar-refractivity contribution in [2.24, 2.45) is 5.92 Å². The number of hydrogen-bond donors (Lipinski definition) is 0. The average molecular weight is 319 g/mol. The van der Waals surface area contributed by atoms with Gasteiger partial charge in [-0.2, -0.15) is 0 Å². The number of Topliss-reactive ketones (excluding diaryl/α,β-unsaturated/α-hetero) is 1. The molecule has 2 rings (SSSR count). The Morgan fingerprint density at radius 2 is 1.78 bits per heavy atom. The fraction of sp³-hybridized carbons (Fsp3) is 0.556. The van der Waals surface area contributed by atoms with Crippen LogP contribution < -0.4 is 9.47 Å². The van der Waals surface area contributed by atoms with Crippen molar-refractivity contribution in [1.29, 1.82) is 0 Å². The van der Waals surface area contributed by atoms with Crippen molar-refractivity contribution in [2.45, 2.75) is 32.6 Å². The predicted octanol–water partition coefficient (Wildman–Crippen LogP) is 2.46. The Labute approximate surface area is 137 Å². The third-order valence-corrected chi connectivity index (χ3v) is 4.50. The number of piperidine rings is 1. The molecule has 0 N–H and O–H groups in total. The Bertz CT molecular complexity index is 562. The number of ether oxygens (including phenoxy) is 2. The minimum atomic E-state index is 0.130. The van der Waals surface area contributed by atoms with Crippen molar-refractivity contribution in [2.75, 3.05) is 27.3 Å². The molecule has 1 aliphatic heterocycles. The second-order valence-electron chi connectivity index (χ2n) is 5.96. The van der Waals surface area contributed by atoms with Crippen LogP contribution in [0.1, 0.15) is 31.7 Å². The molecule has 0 bridgehead atoms. The first kappa shape index (κ1) is 17.3. The summed E-state index contributed by atoms with van der Waals surface area (Å²) < 4.78 is 10.5. The molecule has 126 valence electrons. The molecule has 5 nitrogen and oxygen atoms in total. The minimum absolute atomic E-state index is 0.130. The van der Waals surface area contributed by atoms with Gasteiger partial charge in [0.15, 0.2) is 11.5 Å². The Morgan fingerprint density at radius 1 is 1.13 bits per heavy atom. The lowest BCUT2D eigenvalue weighted by molar-refractivity contribution is -0.134. The van der Waals surface area contributed by atoms with Crippen LogP contribution in [-0.4, -0.2) is 43.9 Å². The van der Waals surface area contributed by atoms with E-state index in [1.54, 1.807) is 21.1 Å². The summed E-state index contributed by atoms with van der Waals surface area (Å²) in [4.78, 5) is 25.6. The van der Waals surface area contributed by atoms with Gasteiger partial charge in [-0.15, -0.1) is 0 Å². The predicted molar refractivity (Wildman–Crippen MR) is 87.9 cm³/mol. The van der Waals surface area contributed by atoms with Gasteiger partial charge in [0.05, 0.1) is 14.2 Å². The number of nitrogens with zero attached hydrogens (tertiary/aromatic N) is 1. The molecule has 23 heavy (non-hydrogen) atoms. The summed E-state index contributed by atoms with van der Waals surface area (Å²) >= 11 is 0. The van der Waals surface area contributed by atoms with Crippen LogP contribution in [0.4, 0.5) is 0 Å². The highest BCUT2D eigenvalue weighted by molar-refractivity contribution is 5.80. The van der Waals surface area contributed by atoms with Gasteiger partial charge in [0.25, 0.3) is 0 Å².